The van der Waals surface area contributed by atoms with Crippen molar-refractivity contribution in [1.82, 2.24) is 4.90 Å². The van der Waals surface area contributed by atoms with Crippen molar-refractivity contribution in [3.63, 3.8) is 0 Å². The normalized spacial score (nSPS) is 21.1. The summed E-state index contributed by atoms with van der Waals surface area (Å²) in [5.74, 6) is 0.402. The summed E-state index contributed by atoms with van der Waals surface area (Å²) in [6, 6.07) is 0. The zero-order valence-corrected chi connectivity index (χ0v) is 11.6. The highest BCUT2D eigenvalue weighted by Gasteiger charge is 2.30. The zero-order valence-electron chi connectivity index (χ0n) is 11.6. The van der Waals surface area contributed by atoms with Gasteiger partial charge in [0.05, 0.1) is 5.54 Å². The molecule has 1 heterocycles. The Morgan fingerprint density at radius 2 is 1.78 bits per heavy atom. The summed E-state index contributed by atoms with van der Waals surface area (Å²) in [5.41, 5.74) is 12.9. The third kappa shape index (κ3) is 3.88. The van der Waals surface area contributed by atoms with Crippen LogP contribution < -0.4 is 11.5 Å². The molecule has 0 atom stereocenters. The molecule has 0 aromatic rings. The Morgan fingerprint density at radius 3 is 2.22 bits per heavy atom. The van der Waals surface area contributed by atoms with E-state index in [-0.39, 0.29) is 5.54 Å². The maximum atomic E-state index is 11.0. The number of allylic oxidation sites excluding steroid dienone is 4. The van der Waals surface area contributed by atoms with E-state index in [2.05, 4.69) is 4.90 Å². The van der Waals surface area contributed by atoms with Gasteiger partial charge in [0.25, 0.3) is 0 Å². The molecule has 4 heteroatoms. The van der Waals surface area contributed by atoms with Crippen LogP contribution >= 0.6 is 0 Å². The number of carbonyl (C=O) groups excluding carboxylic acids is 1. The van der Waals surface area contributed by atoms with E-state index in [4.69, 9.17) is 11.5 Å². The smallest absolute Gasteiger partial charge is 0.139 e. The van der Waals surface area contributed by atoms with Crippen molar-refractivity contribution < 1.29 is 4.79 Å². The number of hydrogen-bond donors (Lipinski definition) is 2. The fourth-order valence-corrected chi connectivity index (χ4v) is 2.23. The van der Waals surface area contributed by atoms with Gasteiger partial charge in [0.1, 0.15) is 6.29 Å². The van der Waals surface area contributed by atoms with E-state index in [1.165, 1.54) is 0 Å². The Hall–Kier alpha value is -1.29. The van der Waals surface area contributed by atoms with Crippen LogP contribution in [0.3, 0.4) is 0 Å². The molecular weight excluding hydrogens is 226 g/mol. The summed E-state index contributed by atoms with van der Waals surface area (Å²) in [4.78, 5) is 13.2. The van der Waals surface area contributed by atoms with Gasteiger partial charge in [0, 0.05) is 17.3 Å². The number of piperidine rings is 1. The first-order valence-corrected chi connectivity index (χ1v) is 6.47. The monoisotopic (exact) mass is 251 g/mol. The molecule has 1 rings (SSSR count). The van der Waals surface area contributed by atoms with E-state index in [0.717, 1.165) is 43.6 Å². The molecule has 1 saturated heterocycles. The van der Waals surface area contributed by atoms with Gasteiger partial charge in [-0.05, 0) is 58.9 Å². The second kappa shape index (κ2) is 6.05. The molecular formula is C14H25N3O. The highest BCUT2D eigenvalue weighted by Crippen LogP contribution is 2.26. The van der Waals surface area contributed by atoms with Crippen molar-refractivity contribution in [2.75, 3.05) is 13.1 Å². The third-order valence-corrected chi connectivity index (χ3v) is 3.61. The van der Waals surface area contributed by atoms with Crippen molar-refractivity contribution >= 4 is 6.29 Å². The van der Waals surface area contributed by atoms with Crippen LogP contribution in [0.25, 0.3) is 0 Å². The molecule has 0 unspecified atom stereocenters. The minimum Gasteiger partial charge on any atom is -0.402 e. The van der Waals surface area contributed by atoms with Crippen LogP contribution in [0.5, 0.6) is 0 Å². The van der Waals surface area contributed by atoms with Gasteiger partial charge in [-0.25, -0.2) is 0 Å². The lowest BCUT2D eigenvalue weighted by Gasteiger charge is -2.39. The second-order valence-electron chi connectivity index (χ2n) is 5.61. The topological polar surface area (TPSA) is 72.3 Å². The van der Waals surface area contributed by atoms with Crippen molar-refractivity contribution in [2.24, 2.45) is 17.4 Å². The summed E-state index contributed by atoms with van der Waals surface area (Å²) >= 11 is 0. The van der Waals surface area contributed by atoms with Crippen molar-refractivity contribution in [3.8, 4) is 0 Å². The Bertz CT molecular complexity index is 346. The first-order chi connectivity index (χ1) is 8.36. The van der Waals surface area contributed by atoms with Gasteiger partial charge in [0.15, 0.2) is 0 Å². The lowest BCUT2D eigenvalue weighted by molar-refractivity contribution is -0.117. The lowest BCUT2D eigenvalue weighted by Crippen LogP contribution is -2.49. The molecule has 0 aromatic heterocycles. The maximum absolute atomic E-state index is 11.0. The number of nitrogens with zero attached hydrogens (tertiary/aromatic N) is 1. The van der Waals surface area contributed by atoms with Gasteiger partial charge in [-0.15, -0.1) is 0 Å². The Kier molecular flexibility index (Phi) is 4.96. The summed E-state index contributed by atoms with van der Waals surface area (Å²) in [5, 5.41) is 0. The highest BCUT2D eigenvalue weighted by molar-refractivity contribution is 5.62. The molecule has 0 saturated carbocycles. The zero-order chi connectivity index (χ0) is 13.8. The molecule has 0 aromatic carbocycles. The quantitative estimate of drug-likeness (QED) is 0.585. The van der Waals surface area contributed by atoms with E-state index in [1.54, 1.807) is 0 Å². The molecule has 1 aliphatic rings. The van der Waals surface area contributed by atoms with Crippen LogP contribution in [0.2, 0.25) is 0 Å². The van der Waals surface area contributed by atoms with Gasteiger partial charge >= 0.3 is 0 Å². The van der Waals surface area contributed by atoms with E-state index >= 15 is 0 Å². The molecule has 0 amide bonds. The molecule has 4 nitrogen and oxygen atoms in total. The first kappa shape index (κ1) is 14.8. The van der Waals surface area contributed by atoms with Gasteiger partial charge in [0.2, 0.25) is 0 Å². The average Bonchev–Trinajstić information content (AvgIpc) is 2.36. The van der Waals surface area contributed by atoms with Crippen molar-refractivity contribution in [2.45, 2.75) is 39.2 Å². The Morgan fingerprint density at radius 1 is 1.22 bits per heavy atom. The summed E-state index contributed by atoms with van der Waals surface area (Å²) in [6.07, 6.45) is 6.76. The Balaban J connectivity index is 2.57. The second-order valence-corrected chi connectivity index (χ2v) is 5.61. The van der Waals surface area contributed by atoms with Crippen LogP contribution in [0.4, 0.5) is 0 Å². The SMILES string of the molecule is C/C(N)=C/C=C(\N)C1CCN(C(C)(C)C=O)CC1. The number of nitrogens with two attached hydrogens (primary N) is 2. The fraction of sp³-hybridized carbons (Fsp3) is 0.643. The van der Waals surface area contributed by atoms with E-state index in [1.807, 2.05) is 32.9 Å². The Labute approximate surface area is 110 Å². The highest BCUT2D eigenvalue weighted by atomic mass is 16.1. The van der Waals surface area contributed by atoms with Gasteiger partial charge in [-0.3, -0.25) is 4.90 Å². The largest absolute Gasteiger partial charge is 0.402 e. The predicted molar refractivity (Wildman–Crippen MR) is 74.7 cm³/mol. The number of hydrogen-bond acceptors (Lipinski definition) is 4. The summed E-state index contributed by atoms with van der Waals surface area (Å²) in [6.45, 7) is 7.59. The van der Waals surface area contributed by atoms with Crippen LogP contribution in [-0.2, 0) is 4.79 Å². The van der Waals surface area contributed by atoms with Crippen LogP contribution in [0.15, 0.2) is 23.5 Å². The first-order valence-electron chi connectivity index (χ1n) is 6.47. The van der Waals surface area contributed by atoms with Gasteiger partial charge in [-0.2, -0.15) is 0 Å². The van der Waals surface area contributed by atoms with Crippen molar-refractivity contribution in [3.05, 3.63) is 23.5 Å². The van der Waals surface area contributed by atoms with Gasteiger partial charge < -0.3 is 16.3 Å². The molecule has 1 fully saturated rings. The predicted octanol–water partition coefficient (Wildman–Crippen LogP) is 1.38. The van der Waals surface area contributed by atoms with E-state index in [9.17, 15) is 4.79 Å². The molecule has 0 radical (unpaired) electrons. The van der Waals surface area contributed by atoms with Crippen LogP contribution in [-0.4, -0.2) is 29.8 Å². The molecule has 0 bridgehead atoms. The molecule has 1 aliphatic heterocycles. The molecule has 102 valence electrons. The minimum atomic E-state index is -0.364. The molecule has 0 spiro atoms. The maximum Gasteiger partial charge on any atom is 0.139 e. The van der Waals surface area contributed by atoms with E-state index < -0.39 is 0 Å². The third-order valence-electron chi connectivity index (χ3n) is 3.61. The number of aldehydes is 1. The summed E-state index contributed by atoms with van der Waals surface area (Å²) < 4.78 is 0. The molecule has 0 aliphatic carbocycles. The average molecular weight is 251 g/mol. The van der Waals surface area contributed by atoms with Gasteiger partial charge in [-0.1, -0.05) is 0 Å². The summed E-state index contributed by atoms with van der Waals surface area (Å²) in [7, 11) is 0. The van der Waals surface area contributed by atoms with Crippen molar-refractivity contribution in [1.29, 1.82) is 0 Å². The number of carbonyl (C=O) groups is 1. The molecule has 18 heavy (non-hydrogen) atoms. The standard InChI is InChI=1S/C14H25N3O/c1-11(15)4-5-13(16)12-6-8-17(9-7-12)14(2,3)10-18/h4-5,10,12H,6-9,15-16H2,1-3H3/b11-4-,13-5-. The van der Waals surface area contributed by atoms with E-state index in [0.29, 0.717) is 5.92 Å². The van der Waals surface area contributed by atoms with Crippen LogP contribution in [0.1, 0.15) is 33.6 Å². The number of rotatable bonds is 4. The fourth-order valence-electron chi connectivity index (χ4n) is 2.23. The molecule has 4 N–H and O–H groups in total. The number of likely N-dealkylation sites (tertiary alicyclic amines) is 1. The lowest BCUT2D eigenvalue weighted by atomic mass is 9.90. The minimum absolute atomic E-state index is 0.364. The van der Waals surface area contributed by atoms with Crippen LogP contribution in [0, 0.1) is 5.92 Å².